The first-order valence-electron chi connectivity index (χ1n) is 35.2. The van der Waals surface area contributed by atoms with Crippen LogP contribution in [0, 0.1) is 5.92 Å². The molecule has 0 aliphatic carbocycles. The maximum atomic E-state index is 15.1. The summed E-state index contributed by atoms with van der Waals surface area (Å²) < 4.78 is 0. The standard InChI is InChI=1S/C71H96N18O20S2/c1-34(2)13-18-45(62(100)80-48(21-24-59(97)98)63(101)86-52(28-57(74)95)61(99)78-31-58(75)96)81-67(105)50(26-38-29-76-43-11-7-5-9-41(38)43)85-66(104)49(25-37-14-16-40(92)17-15-37)84-70(108)54(33-111)88-64(102)46(19-22-55(72)93)82-68(106)51(27-39-30-77-44-12-8-6-10-42(39)44)87-71(109)60(35(3)90)89-65(103)47(20-23-56(73)94)83-69(107)53(32-110)79-36(4)91/h5-12,14-17,29-30,34-35,45-54,60,76-77,90,92,110-111H,13,18-28,31-33H2,1-4H3,(H2,72,93)(H2,73,94)(H2,74,95)(H2,75,96)(H,78,99)(H,79,91)(H,80,100)(H,81,105)(H,82,106)(H,83,107)(H,84,108)(H,85,104)(H,86,101)(H,87,109)(H,88,102)(H,89,103)(H,97,98)/t35-,45+,46+,47+,48+,49+,50+,51+,52+,53+,54+,60+/m1/s1. The highest BCUT2D eigenvalue weighted by atomic mass is 32.1. The Morgan fingerprint density at radius 2 is 0.775 bits per heavy atom. The molecule has 0 unspecified atom stereocenters. The number of thiol groups is 2. The van der Waals surface area contributed by atoms with Gasteiger partial charge in [-0.1, -0.05) is 62.4 Å². The van der Waals surface area contributed by atoms with Crippen molar-refractivity contribution in [1.29, 1.82) is 0 Å². The van der Waals surface area contributed by atoms with Crippen molar-refractivity contribution in [2.45, 2.75) is 177 Å². The van der Waals surface area contributed by atoms with E-state index in [0.717, 1.165) is 13.8 Å². The Balaban J connectivity index is 1.48. The molecule has 0 bridgehead atoms. The average molecular weight is 1590 g/mol. The van der Waals surface area contributed by atoms with Gasteiger partial charge < -0.3 is 112 Å². The lowest BCUT2D eigenvalue weighted by Gasteiger charge is -2.29. The van der Waals surface area contributed by atoms with Crippen molar-refractivity contribution in [3.05, 3.63) is 102 Å². The van der Waals surface area contributed by atoms with Crippen LogP contribution in [0.3, 0.4) is 0 Å². The van der Waals surface area contributed by atoms with Crippen molar-refractivity contribution in [3.63, 3.8) is 0 Å². The van der Waals surface area contributed by atoms with E-state index < -0.39 is 230 Å². The predicted octanol–water partition coefficient (Wildman–Crippen LogP) is -4.72. The second-order valence-corrected chi connectivity index (χ2v) is 27.4. The summed E-state index contributed by atoms with van der Waals surface area (Å²) in [5, 5.41) is 61.4. The lowest BCUT2D eigenvalue weighted by molar-refractivity contribution is -0.139. The van der Waals surface area contributed by atoms with Crippen molar-refractivity contribution in [2.24, 2.45) is 28.9 Å². The smallest absolute Gasteiger partial charge is 0.303 e. The number of carbonyl (C=O) groups is 17. The van der Waals surface area contributed by atoms with E-state index in [0.29, 0.717) is 38.5 Å². The number of aromatic amines is 2. The van der Waals surface area contributed by atoms with Crippen molar-refractivity contribution in [2.75, 3.05) is 18.1 Å². The molecule has 5 aromatic rings. The highest BCUT2D eigenvalue weighted by molar-refractivity contribution is 7.80. The molecule has 0 saturated heterocycles. The first-order chi connectivity index (χ1) is 52.5. The third kappa shape index (κ3) is 29.6. The number of primary amides is 4. The van der Waals surface area contributed by atoms with E-state index in [4.69, 9.17) is 22.9 Å². The number of carbonyl (C=O) groups excluding carboxylic acids is 16. The molecule has 0 spiro atoms. The molecular weight excluding hydrogens is 1490 g/mol. The molecule has 2 aromatic heterocycles. The minimum absolute atomic E-state index is 0.132. The Kier molecular flexibility index (Phi) is 35.6. The van der Waals surface area contributed by atoms with E-state index in [1.54, 1.807) is 68.6 Å². The van der Waals surface area contributed by atoms with Crippen LogP contribution < -0.4 is 86.7 Å². The van der Waals surface area contributed by atoms with Crippen LogP contribution in [0.1, 0.15) is 102 Å². The van der Waals surface area contributed by atoms with Gasteiger partial charge in [-0.25, -0.2) is 0 Å². The number of amides is 16. The van der Waals surface area contributed by atoms with E-state index in [1.807, 2.05) is 0 Å². The fourth-order valence-electron chi connectivity index (χ4n) is 11.4. The van der Waals surface area contributed by atoms with Gasteiger partial charge in [-0.3, -0.25) is 81.5 Å². The summed E-state index contributed by atoms with van der Waals surface area (Å²) in [5.74, 6) is -19.0. The highest BCUT2D eigenvalue weighted by Gasteiger charge is 2.39. The predicted molar refractivity (Wildman–Crippen MR) is 406 cm³/mol. The summed E-state index contributed by atoms with van der Waals surface area (Å²) in [6.45, 7) is 5.12. The zero-order valence-electron chi connectivity index (χ0n) is 61.2. The number of rotatable bonds is 47. The average Bonchev–Trinajstić information content (AvgIpc) is 1.71. The minimum atomic E-state index is -1.92. The van der Waals surface area contributed by atoms with Gasteiger partial charge in [0.25, 0.3) is 0 Å². The van der Waals surface area contributed by atoms with Gasteiger partial charge in [0, 0.05) is 91.2 Å². The van der Waals surface area contributed by atoms with Crippen LogP contribution in [0.2, 0.25) is 0 Å². The maximum absolute atomic E-state index is 15.1. The Hall–Kier alpha value is -11.8. The summed E-state index contributed by atoms with van der Waals surface area (Å²) in [5.41, 5.74) is 23.8. The minimum Gasteiger partial charge on any atom is -0.508 e. The number of aliphatic hydroxyl groups is 1. The molecule has 5 rings (SSSR count). The molecule has 12 atom stereocenters. The molecule has 40 heteroatoms. The number of carboxylic acid groups (broad SMARTS) is 1. The zero-order chi connectivity index (χ0) is 82.3. The quantitative estimate of drug-likeness (QED) is 0.0163. The third-order valence-corrected chi connectivity index (χ3v) is 18.0. The number of nitrogens with one attached hydrogen (secondary N) is 14. The van der Waals surface area contributed by atoms with Crippen molar-refractivity contribution in [3.8, 4) is 5.75 Å². The van der Waals surface area contributed by atoms with Gasteiger partial charge in [-0.15, -0.1) is 0 Å². The fourth-order valence-corrected chi connectivity index (χ4v) is 11.9. The topological polar surface area (TPSA) is 631 Å². The van der Waals surface area contributed by atoms with Crippen LogP contribution in [0.4, 0.5) is 0 Å². The van der Waals surface area contributed by atoms with Crippen molar-refractivity contribution < 1.29 is 96.8 Å². The first kappa shape index (κ1) is 89.8. The summed E-state index contributed by atoms with van der Waals surface area (Å²) in [6, 6.07) is 0.675. The van der Waals surface area contributed by atoms with Gasteiger partial charge in [0.1, 0.15) is 72.2 Å². The number of aromatic nitrogens is 2. The normalized spacial score (nSPS) is 14.4. The molecule has 38 nitrogen and oxygen atoms in total. The molecule has 25 N–H and O–H groups in total. The van der Waals surface area contributed by atoms with E-state index >= 15 is 9.59 Å². The molecule has 0 radical (unpaired) electrons. The number of nitrogens with two attached hydrogens (primary N) is 4. The molecule has 111 heavy (non-hydrogen) atoms. The molecular formula is C71H96N18O20S2. The van der Waals surface area contributed by atoms with E-state index in [9.17, 15) is 87.2 Å². The number of hydrogen-bond donors (Lipinski definition) is 23. The molecule has 2 heterocycles. The summed E-state index contributed by atoms with van der Waals surface area (Å²) in [7, 11) is 0. The number of carboxylic acids is 1. The van der Waals surface area contributed by atoms with Crippen LogP contribution in [0.25, 0.3) is 21.8 Å². The molecule has 3 aromatic carbocycles. The van der Waals surface area contributed by atoms with Crippen LogP contribution in [0.15, 0.2) is 85.2 Å². The number of aliphatic carboxylic acids is 1. The number of fused-ring (bicyclic) bond motifs is 2. The van der Waals surface area contributed by atoms with Crippen molar-refractivity contribution >= 4 is 148 Å². The van der Waals surface area contributed by atoms with Gasteiger partial charge in [-0.05, 0) is 85.9 Å². The lowest BCUT2D eigenvalue weighted by atomic mass is 9.99. The van der Waals surface area contributed by atoms with Gasteiger partial charge in [0.05, 0.1) is 19.1 Å². The van der Waals surface area contributed by atoms with Crippen LogP contribution in [0.5, 0.6) is 5.75 Å². The number of H-pyrrole nitrogens is 2. The Bertz CT molecular complexity index is 4190. The summed E-state index contributed by atoms with van der Waals surface area (Å²) >= 11 is 8.44. The number of hydrogen-bond acceptors (Lipinski definition) is 21. The number of aromatic hydroxyl groups is 1. The van der Waals surface area contributed by atoms with Gasteiger partial charge in [-0.2, -0.15) is 25.3 Å². The Labute approximate surface area is 647 Å². The third-order valence-electron chi connectivity index (χ3n) is 17.3. The molecule has 16 amide bonds. The van der Waals surface area contributed by atoms with Gasteiger partial charge >= 0.3 is 5.97 Å². The van der Waals surface area contributed by atoms with Crippen LogP contribution in [-0.4, -0.2) is 216 Å². The SMILES string of the molecule is CC(=O)N[C@@H](CS)C(=O)N[C@@H](CCC(N)=O)C(=O)N[C@H](C(=O)N[C@@H](Cc1c[nH]c2ccccc12)C(=O)N[C@@H](CCC(N)=O)C(=O)N[C@@H](CS)C(=O)N[C@@H](Cc1ccc(O)cc1)C(=O)N[C@@H](Cc1c[nH]c2ccccc12)C(=O)N[C@@H](CCC(C)C)C(=O)N[C@@H](CCC(=O)O)C(=O)N[C@@H](CC(N)=O)C(=O)NCC(N)=O)[C@@H](C)O. The first-order valence-corrected chi connectivity index (χ1v) is 36.4. The van der Waals surface area contributed by atoms with E-state index in [2.05, 4.69) is 99.0 Å². The van der Waals surface area contributed by atoms with Gasteiger partial charge in [0.2, 0.25) is 94.5 Å². The molecule has 0 saturated carbocycles. The zero-order valence-corrected chi connectivity index (χ0v) is 63.0. The Morgan fingerprint density at radius 1 is 0.405 bits per heavy atom. The number of phenols is 1. The monoisotopic (exact) mass is 1580 g/mol. The molecule has 0 fully saturated rings. The number of para-hydroxylation sites is 2. The lowest BCUT2D eigenvalue weighted by Crippen LogP contribution is -2.62. The molecule has 0 aliphatic heterocycles. The Morgan fingerprint density at radius 3 is 1.18 bits per heavy atom. The summed E-state index contributed by atoms with van der Waals surface area (Å²) in [6.07, 6.45) is -3.79. The number of phenolic OH excluding ortho intramolecular Hbond substituents is 1. The number of aliphatic hydroxyl groups excluding tert-OH is 1. The maximum Gasteiger partial charge on any atom is 0.303 e. The van der Waals surface area contributed by atoms with Crippen LogP contribution >= 0.6 is 25.3 Å². The molecule has 0 aliphatic rings. The summed E-state index contributed by atoms with van der Waals surface area (Å²) in [4.78, 5) is 235. The van der Waals surface area contributed by atoms with Gasteiger partial charge in [0.15, 0.2) is 0 Å². The second-order valence-electron chi connectivity index (χ2n) is 26.7. The number of benzene rings is 3. The van der Waals surface area contributed by atoms with Crippen LogP contribution in [-0.2, 0) is 101 Å². The van der Waals surface area contributed by atoms with Crippen molar-refractivity contribution in [1.82, 2.24) is 73.8 Å². The van der Waals surface area contributed by atoms with E-state index in [1.165, 1.54) is 30.5 Å². The molecule has 602 valence electrons. The van der Waals surface area contributed by atoms with E-state index in [-0.39, 0.29) is 49.5 Å². The second kappa shape index (κ2) is 44.0. The fraction of sp³-hybridized carbons (Fsp3) is 0.451. The highest BCUT2D eigenvalue weighted by Crippen LogP contribution is 2.23. The largest absolute Gasteiger partial charge is 0.508 e.